The Bertz CT molecular complexity index is 224. The number of aliphatic hydroxyl groups excluding tert-OH is 2. The molecule has 2 N–H and O–H groups in total. The van der Waals surface area contributed by atoms with Crippen LogP contribution in [0.15, 0.2) is 12.2 Å². The van der Waals surface area contributed by atoms with Gasteiger partial charge >= 0.3 is 0 Å². The summed E-state index contributed by atoms with van der Waals surface area (Å²) >= 11 is 0. The van der Waals surface area contributed by atoms with Gasteiger partial charge in [-0.1, -0.05) is 19.1 Å². The summed E-state index contributed by atoms with van der Waals surface area (Å²) in [5, 5.41) is 19.0. The van der Waals surface area contributed by atoms with E-state index in [1.54, 1.807) is 0 Å². The third-order valence-electron chi connectivity index (χ3n) is 3.73. The van der Waals surface area contributed by atoms with E-state index in [2.05, 4.69) is 13.0 Å². The van der Waals surface area contributed by atoms with Crippen LogP contribution in [0.5, 0.6) is 0 Å². The van der Waals surface area contributed by atoms with Crippen molar-refractivity contribution in [3.63, 3.8) is 0 Å². The van der Waals surface area contributed by atoms with Crippen molar-refractivity contribution in [3.8, 4) is 0 Å². The Hall–Kier alpha value is -0.340. The van der Waals surface area contributed by atoms with Crippen LogP contribution in [0.3, 0.4) is 0 Å². The number of fused-ring (bicyclic) bond motifs is 1. The molecule has 0 heterocycles. The highest BCUT2D eigenvalue weighted by Gasteiger charge is 2.40. The zero-order valence-electron chi connectivity index (χ0n) is 8.11. The van der Waals surface area contributed by atoms with E-state index in [9.17, 15) is 10.2 Å². The van der Waals surface area contributed by atoms with Crippen LogP contribution in [0.1, 0.15) is 32.6 Å². The molecule has 0 unspecified atom stereocenters. The van der Waals surface area contributed by atoms with Crippen molar-refractivity contribution in [2.75, 3.05) is 0 Å². The third kappa shape index (κ3) is 1.65. The van der Waals surface area contributed by atoms with E-state index in [0.29, 0.717) is 5.92 Å². The Morgan fingerprint density at radius 1 is 1.31 bits per heavy atom. The zero-order chi connectivity index (χ0) is 9.47. The SMILES string of the molecule is C[C@]12C=C[C@H](O)C[C@H]1C[C@H](O)CC2. The summed E-state index contributed by atoms with van der Waals surface area (Å²) in [5.74, 6) is 0.469. The Labute approximate surface area is 79.3 Å². The third-order valence-corrected chi connectivity index (χ3v) is 3.73. The van der Waals surface area contributed by atoms with Gasteiger partial charge in [-0.15, -0.1) is 0 Å². The molecule has 0 bridgehead atoms. The molecule has 0 saturated heterocycles. The molecule has 2 heteroatoms. The predicted octanol–water partition coefficient (Wildman–Crippen LogP) is 1.47. The average molecular weight is 182 g/mol. The van der Waals surface area contributed by atoms with E-state index >= 15 is 0 Å². The lowest BCUT2D eigenvalue weighted by Crippen LogP contribution is -2.39. The van der Waals surface area contributed by atoms with Crippen molar-refractivity contribution >= 4 is 0 Å². The molecule has 2 nitrogen and oxygen atoms in total. The summed E-state index contributed by atoms with van der Waals surface area (Å²) in [6, 6.07) is 0. The van der Waals surface area contributed by atoms with Crippen LogP contribution >= 0.6 is 0 Å². The minimum atomic E-state index is -0.289. The molecule has 1 saturated carbocycles. The molecule has 1 fully saturated rings. The van der Waals surface area contributed by atoms with E-state index in [1.807, 2.05) is 6.08 Å². The zero-order valence-corrected chi connectivity index (χ0v) is 8.11. The van der Waals surface area contributed by atoms with Crippen molar-refractivity contribution in [1.82, 2.24) is 0 Å². The molecule has 13 heavy (non-hydrogen) atoms. The topological polar surface area (TPSA) is 40.5 Å². The number of hydrogen-bond donors (Lipinski definition) is 2. The maximum atomic E-state index is 9.54. The van der Waals surface area contributed by atoms with Gasteiger partial charge in [-0.2, -0.15) is 0 Å². The largest absolute Gasteiger partial charge is 0.393 e. The molecule has 2 aliphatic rings. The first-order valence-electron chi connectivity index (χ1n) is 5.16. The molecule has 2 rings (SSSR count). The van der Waals surface area contributed by atoms with Gasteiger partial charge in [-0.3, -0.25) is 0 Å². The van der Waals surface area contributed by atoms with Crippen LogP contribution < -0.4 is 0 Å². The standard InChI is InChI=1S/C11H18O2/c1-11-4-2-9(12)6-8(11)7-10(13)3-5-11/h2,4,8-10,12-13H,3,5-7H2,1H3/t8-,9-,10+,11+/m0/s1. The second kappa shape index (κ2) is 3.10. The highest BCUT2D eigenvalue weighted by Crippen LogP contribution is 2.46. The smallest absolute Gasteiger partial charge is 0.0724 e. The van der Waals surface area contributed by atoms with Gasteiger partial charge in [0.15, 0.2) is 0 Å². The highest BCUT2D eigenvalue weighted by molar-refractivity contribution is 5.10. The number of aliphatic hydroxyl groups is 2. The number of allylic oxidation sites excluding steroid dienone is 1. The Morgan fingerprint density at radius 3 is 2.85 bits per heavy atom. The summed E-state index contributed by atoms with van der Waals surface area (Å²) in [6.07, 6.45) is 7.28. The maximum Gasteiger partial charge on any atom is 0.0724 e. The van der Waals surface area contributed by atoms with E-state index in [4.69, 9.17) is 0 Å². The van der Waals surface area contributed by atoms with Gasteiger partial charge < -0.3 is 10.2 Å². The Kier molecular flexibility index (Phi) is 2.20. The van der Waals surface area contributed by atoms with E-state index < -0.39 is 0 Å². The lowest BCUT2D eigenvalue weighted by molar-refractivity contribution is 0.0147. The first-order valence-corrected chi connectivity index (χ1v) is 5.16. The Morgan fingerprint density at radius 2 is 2.08 bits per heavy atom. The summed E-state index contributed by atoms with van der Waals surface area (Å²) < 4.78 is 0. The van der Waals surface area contributed by atoms with E-state index in [0.717, 1.165) is 25.7 Å². The summed E-state index contributed by atoms with van der Waals surface area (Å²) in [6.45, 7) is 2.24. The van der Waals surface area contributed by atoms with Gasteiger partial charge in [-0.25, -0.2) is 0 Å². The fourth-order valence-electron chi connectivity index (χ4n) is 2.68. The van der Waals surface area contributed by atoms with Gasteiger partial charge in [-0.05, 0) is 37.0 Å². The number of rotatable bonds is 0. The lowest BCUT2D eigenvalue weighted by atomic mass is 9.62. The van der Waals surface area contributed by atoms with Crippen molar-refractivity contribution in [2.24, 2.45) is 11.3 Å². The van der Waals surface area contributed by atoms with Crippen molar-refractivity contribution < 1.29 is 10.2 Å². The molecule has 74 valence electrons. The van der Waals surface area contributed by atoms with Gasteiger partial charge in [0, 0.05) is 0 Å². The quantitative estimate of drug-likeness (QED) is 0.557. The summed E-state index contributed by atoms with van der Waals surface area (Å²) in [5.41, 5.74) is 0.235. The average Bonchev–Trinajstić information content (AvgIpc) is 2.08. The van der Waals surface area contributed by atoms with Crippen molar-refractivity contribution in [2.45, 2.75) is 44.8 Å². The molecule has 2 aliphatic carbocycles. The molecule has 0 aromatic carbocycles. The predicted molar refractivity (Wildman–Crippen MR) is 51.2 cm³/mol. The first-order chi connectivity index (χ1) is 6.10. The number of hydrogen-bond acceptors (Lipinski definition) is 2. The molecule has 0 spiro atoms. The van der Waals surface area contributed by atoms with Gasteiger partial charge in [0.2, 0.25) is 0 Å². The van der Waals surface area contributed by atoms with Crippen LogP contribution in [-0.2, 0) is 0 Å². The normalized spacial score (nSPS) is 50.2. The van der Waals surface area contributed by atoms with Crippen molar-refractivity contribution in [3.05, 3.63) is 12.2 Å². The van der Waals surface area contributed by atoms with Gasteiger partial charge in [0.25, 0.3) is 0 Å². The molecule has 0 aromatic rings. The van der Waals surface area contributed by atoms with E-state index in [-0.39, 0.29) is 17.6 Å². The Balaban J connectivity index is 2.17. The second-order valence-electron chi connectivity index (χ2n) is 4.79. The molecule has 4 atom stereocenters. The summed E-state index contributed by atoms with van der Waals surface area (Å²) in [7, 11) is 0. The van der Waals surface area contributed by atoms with Crippen LogP contribution in [0.4, 0.5) is 0 Å². The fourth-order valence-corrected chi connectivity index (χ4v) is 2.68. The van der Waals surface area contributed by atoms with Crippen LogP contribution in [0.25, 0.3) is 0 Å². The lowest BCUT2D eigenvalue weighted by Gasteiger charge is -2.44. The minimum Gasteiger partial charge on any atom is -0.393 e. The fraction of sp³-hybridized carbons (Fsp3) is 0.818. The summed E-state index contributed by atoms with van der Waals surface area (Å²) in [4.78, 5) is 0. The molecule has 0 aliphatic heterocycles. The van der Waals surface area contributed by atoms with Gasteiger partial charge in [0.1, 0.15) is 0 Å². The van der Waals surface area contributed by atoms with Gasteiger partial charge in [0.05, 0.1) is 12.2 Å². The van der Waals surface area contributed by atoms with Crippen LogP contribution in [0, 0.1) is 11.3 Å². The first kappa shape index (κ1) is 9.22. The van der Waals surface area contributed by atoms with Crippen molar-refractivity contribution in [1.29, 1.82) is 0 Å². The molecule has 0 amide bonds. The molecular formula is C11H18O2. The monoisotopic (exact) mass is 182 g/mol. The second-order valence-corrected chi connectivity index (χ2v) is 4.79. The van der Waals surface area contributed by atoms with Crippen LogP contribution in [-0.4, -0.2) is 22.4 Å². The van der Waals surface area contributed by atoms with Crippen LogP contribution in [0.2, 0.25) is 0 Å². The van der Waals surface area contributed by atoms with E-state index in [1.165, 1.54) is 0 Å². The highest BCUT2D eigenvalue weighted by atomic mass is 16.3. The maximum absolute atomic E-state index is 9.54. The molecule has 0 radical (unpaired) electrons. The molecule has 0 aromatic heterocycles. The molecular weight excluding hydrogens is 164 g/mol. The minimum absolute atomic E-state index is 0.142.